The van der Waals surface area contributed by atoms with E-state index in [9.17, 15) is 9.18 Å². The average Bonchev–Trinajstić information content (AvgIpc) is 3.41. The van der Waals surface area contributed by atoms with E-state index in [0.717, 1.165) is 22.0 Å². The highest BCUT2D eigenvalue weighted by Gasteiger charge is 2.16. The Balaban J connectivity index is 1.57. The summed E-state index contributed by atoms with van der Waals surface area (Å²) in [5.41, 5.74) is 2.72. The van der Waals surface area contributed by atoms with Gasteiger partial charge in [-0.05, 0) is 29.8 Å². The maximum absolute atomic E-state index is 14.6. The van der Waals surface area contributed by atoms with Crippen LogP contribution in [0.4, 0.5) is 9.52 Å². The van der Waals surface area contributed by atoms with E-state index < -0.39 is 11.6 Å². The first-order valence-corrected chi connectivity index (χ1v) is 10.6. The number of H-pyrrole nitrogens is 1. The van der Waals surface area contributed by atoms with Crippen LogP contribution in [0.5, 0.6) is 0 Å². The molecule has 1 N–H and O–H groups in total. The summed E-state index contributed by atoms with van der Waals surface area (Å²) in [5, 5.41) is 6.98. The SMILES string of the molecule is COCCN(Cc1ccc(-c2noc(=O)[nH]2)c(F)c1)c1nc(-c2ccc(Cl)cc2)cs1. The second-order valence-electron chi connectivity index (χ2n) is 6.69. The molecule has 0 fully saturated rings. The molecule has 0 saturated heterocycles. The molecular weight excluding hydrogens is 443 g/mol. The number of nitrogens with one attached hydrogen (secondary N) is 1. The van der Waals surface area contributed by atoms with Gasteiger partial charge in [-0.3, -0.25) is 9.51 Å². The summed E-state index contributed by atoms with van der Waals surface area (Å²) in [6.07, 6.45) is 0. The zero-order chi connectivity index (χ0) is 21.8. The Kier molecular flexibility index (Phi) is 6.45. The van der Waals surface area contributed by atoms with E-state index in [1.165, 1.54) is 17.4 Å². The van der Waals surface area contributed by atoms with Crippen molar-refractivity contribution in [3.05, 3.63) is 74.8 Å². The Morgan fingerprint density at radius 1 is 1.26 bits per heavy atom. The molecule has 4 rings (SSSR count). The van der Waals surface area contributed by atoms with Gasteiger partial charge in [-0.1, -0.05) is 35.0 Å². The summed E-state index contributed by atoms with van der Waals surface area (Å²) in [4.78, 5) is 20.2. The molecule has 0 aliphatic heterocycles. The number of thiazole rings is 1. The van der Waals surface area contributed by atoms with E-state index in [2.05, 4.69) is 14.7 Å². The first-order valence-electron chi connectivity index (χ1n) is 9.33. The highest BCUT2D eigenvalue weighted by Crippen LogP contribution is 2.29. The lowest BCUT2D eigenvalue weighted by Gasteiger charge is -2.21. The van der Waals surface area contributed by atoms with Gasteiger partial charge in [-0.15, -0.1) is 11.3 Å². The maximum atomic E-state index is 14.6. The minimum Gasteiger partial charge on any atom is -0.383 e. The van der Waals surface area contributed by atoms with Gasteiger partial charge in [0.1, 0.15) is 5.82 Å². The second kappa shape index (κ2) is 9.42. The number of aromatic amines is 1. The number of ether oxygens (including phenoxy) is 1. The van der Waals surface area contributed by atoms with Crippen LogP contribution < -0.4 is 10.7 Å². The molecule has 0 radical (unpaired) electrons. The summed E-state index contributed by atoms with van der Waals surface area (Å²) < 4.78 is 24.3. The van der Waals surface area contributed by atoms with E-state index >= 15 is 0 Å². The summed E-state index contributed by atoms with van der Waals surface area (Å²) >= 11 is 7.47. The van der Waals surface area contributed by atoms with Crippen LogP contribution in [-0.2, 0) is 11.3 Å². The molecule has 10 heteroatoms. The third-order valence-electron chi connectivity index (χ3n) is 4.57. The van der Waals surface area contributed by atoms with Gasteiger partial charge >= 0.3 is 5.76 Å². The molecule has 0 spiro atoms. The van der Waals surface area contributed by atoms with Crippen molar-refractivity contribution >= 4 is 28.1 Å². The van der Waals surface area contributed by atoms with Gasteiger partial charge in [0.2, 0.25) is 0 Å². The molecular formula is C21H18ClFN4O3S. The van der Waals surface area contributed by atoms with Crippen molar-refractivity contribution in [3.8, 4) is 22.6 Å². The largest absolute Gasteiger partial charge is 0.439 e. The van der Waals surface area contributed by atoms with Crippen LogP contribution in [0.1, 0.15) is 5.56 Å². The lowest BCUT2D eigenvalue weighted by atomic mass is 10.1. The predicted octanol–water partition coefficient (Wildman–Crippen LogP) is 4.60. The molecule has 160 valence electrons. The lowest BCUT2D eigenvalue weighted by Crippen LogP contribution is -2.26. The molecule has 4 aromatic rings. The number of nitrogens with zero attached hydrogens (tertiary/aromatic N) is 3. The number of halogens is 2. The van der Waals surface area contributed by atoms with Crippen LogP contribution in [0.3, 0.4) is 0 Å². The normalized spacial score (nSPS) is 11.1. The molecule has 2 heterocycles. The van der Waals surface area contributed by atoms with Crippen molar-refractivity contribution in [2.24, 2.45) is 0 Å². The fourth-order valence-corrected chi connectivity index (χ4v) is 4.01. The van der Waals surface area contributed by atoms with Crippen molar-refractivity contribution in [3.63, 3.8) is 0 Å². The van der Waals surface area contributed by atoms with Crippen molar-refractivity contribution in [2.75, 3.05) is 25.2 Å². The van der Waals surface area contributed by atoms with Crippen molar-refractivity contribution in [2.45, 2.75) is 6.54 Å². The minimum absolute atomic E-state index is 0.0535. The summed E-state index contributed by atoms with van der Waals surface area (Å²) in [6.45, 7) is 1.52. The number of rotatable bonds is 8. The fourth-order valence-electron chi connectivity index (χ4n) is 3.02. The van der Waals surface area contributed by atoms with Crippen molar-refractivity contribution < 1.29 is 13.7 Å². The standard InChI is InChI=1S/C21H18ClFN4O3S/c1-29-9-8-27(20-24-18(12-31-20)14-3-5-15(22)6-4-14)11-13-2-7-16(17(23)10-13)19-25-21(28)30-26-19/h2-7,10,12H,8-9,11H2,1H3,(H,25,26,28). The van der Waals surface area contributed by atoms with Crippen LogP contribution in [0.15, 0.2) is 57.2 Å². The number of aromatic nitrogens is 3. The Bertz CT molecular complexity index is 1220. The van der Waals surface area contributed by atoms with Gasteiger partial charge in [0.15, 0.2) is 11.0 Å². The van der Waals surface area contributed by atoms with Gasteiger partial charge in [0, 0.05) is 36.2 Å². The molecule has 0 aliphatic carbocycles. The number of hydrogen-bond donors (Lipinski definition) is 1. The summed E-state index contributed by atoms with van der Waals surface area (Å²) in [6, 6.07) is 12.2. The number of hydrogen-bond acceptors (Lipinski definition) is 7. The zero-order valence-electron chi connectivity index (χ0n) is 16.5. The van der Waals surface area contributed by atoms with E-state index in [-0.39, 0.29) is 11.4 Å². The molecule has 31 heavy (non-hydrogen) atoms. The van der Waals surface area contributed by atoms with E-state index in [1.807, 2.05) is 34.5 Å². The van der Waals surface area contributed by atoms with Gasteiger partial charge in [-0.2, -0.15) is 0 Å². The third-order valence-corrected chi connectivity index (χ3v) is 5.72. The first kappa shape index (κ1) is 21.2. The predicted molar refractivity (Wildman–Crippen MR) is 118 cm³/mol. The molecule has 0 amide bonds. The Labute approximate surface area is 186 Å². The van der Waals surface area contributed by atoms with Crippen molar-refractivity contribution in [1.29, 1.82) is 0 Å². The van der Waals surface area contributed by atoms with Gasteiger partial charge in [0.25, 0.3) is 0 Å². The fraction of sp³-hybridized carbons (Fsp3) is 0.190. The zero-order valence-corrected chi connectivity index (χ0v) is 18.0. The Morgan fingerprint density at radius 2 is 2.06 bits per heavy atom. The van der Waals surface area contributed by atoms with E-state index in [0.29, 0.717) is 24.7 Å². The maximum Gasteiger partial charge on any atom is 0.439 e. The molecule has 7 nitrogen and oxygen atoms in total. The Morgan fingerprint density at radius 3 is 2.74 bits per heavy atom. The topological polar surface area (TPSA) is 84.2 Å². The summed E-state index contributed by atoms with van der Waals surface area (Å²) in [5.74, 6) is -1.18. The highest BCUT2D eigenvalue weighted by atomic mass is 35.5. The second-order valence-corrected chi connectivity index (χ2v) is 7.97. The molecule has 0 aliphatic rings. The minimum atomic E-state index is -0.732. The quantitative estimate of drug-likeness (QED) is 0.413. The average molecular weight is 461 g/mol. The van der Waals surface area contributed by atoms with E-state index in [1.54, 1.807) is 19.2 Å². The molecule has 2 aromatic carbocycles. The lowest BCUT2D eigenvalue weighted by molar-refractivity contribution is 0.205. The number of benzene rings is 2. The Hall–Kier alpha value is -3.01. The van der Waals surface area contributed by atoms with Gasteiger partial charge in [0.05, 0.1) is 17.9 Å². The molecule has 0 bridgehead atoms. The third kappa shape index (κ3) is 5.01. The van der Waals surface area contributed by atoms with Crippen LogP contribution in [0.2, 0.25) is 5.02 Å². The van der Waals surface area contributed by atoms with Crippen LogP contribution in [-0.4, -0.2) is 35.4 Å². The molecule has 0 atom stereocenters. The van der Waals surface area contributed by atoms with Crippen LogP contribution in [0.25, 0.3) is 22.6 Å². The number of anilines is 1. The van der Waals surface area contributed by atoms with Crippen molar-refractivity contribution in [1.82, 2.24) is 15.1 Å². The highest BCUT2D eigenvalue weighted by molar-refractivity contribution is 7.14. The first-order chi connectivity index (χ1) is 15.0. The van der Waals surface area contributed by atoms with Gasteiger partial charge < -0.3 is 9.64 Å². The molecule has 0 saturated carbocycles. The summed E-state index contributed by atoms with van der Waals surface area (Å²) in [7, 11) is 1.63. The molecule has 2 aromatic heterocycles. The number of methoxy groups -OCH3 is 1. The van der Waals surface area contributed by atoms with Crippen LogP contribution in [0, 0.1) is 5.82 Å². The van der Waals surface area contributed by atoms with E-state index in [4.69, 9.17) is 21.3 Å². The van der Waals surface area contributed by atoms with Crippen LogP contribution >= 0.6 is 22.9 Å². The smallest absolute Gasteiger partial charge is 0.383 e. The van der Waals surface area contributed by atoms with Gasteiger partial charge in [-0.25, -0.2) is 14.2 Å². The monoisotopic (exact) mass is 460 g/mol. The molecule has 0 unspecified atom stereocenters.